The highest BCUT2D eigenvalue weighted by molar-refractivity contribution is 6.74. The normalized spacial score (nSPS) is 32.8. The largest absolute Gasteiger partial charge is 0.497 e. The lowest BCUT2D eigenvalue weighted by Crippen LogP contribution is -2.69. The van der Waals surface area contributed by atoms with Crippen LogP contribution in [0.2, 0.25) is 18.1 Å². The summed E-state index contributed by atoms with van der Waals surface area (Å²) in [6, 6.07) is 7.63. The van der Waals surface area contributed by atoms with Gasteiger partial charge in [0.15, 0.2) is 14.1 Å². The van der Waals surface area contributed by atoms with E-state index in [1.165, 1.54) is 0 Å². The van der Waals surface area contributed by atoms with Crippen molar-refractivity contribution in [1.82, 2.24) is 0 Å². The van der Waals surface area contributed by atoms with E-state index in [0.29, 0.717) is 19.4 Å². The summed E-state index contributed by atoms with van der Waals surface area (Å²) in [7, 11) is -0.604. The van der Waals surface area contributed by atoms with Gasteiger partial charge in [0, 0.05) is 6.42 Å². The van der Waals surface area contributed by atoms with Gasteiger partial charge in [-0.1, -0.05) is 32.9 Å². The summed E-state index contributed by atoms with van der Waals surface area (Å²) < 4.78 is 23.9. The maximum absolute atomic E-state index is 11.3. The molecular formula is C22H36O6Si. The molecule has 2 fully saturated rings. The lowest BCUT2D eigenvalue weighted by molar-refractivity contribution is -0.363. The number of rotatable bonds is 6. The second kappa shape index (κ2) is 8.28. The zero-order valence-electron chi connectivity index (χ0n) is 18.5. The van der Waals surface area contributed by atoms with Gasteiger partial charge in [-0.25, -0.2) is 0 Å². The highest BCUT2D eigenvalue weighted by atomic mass is 28.4. The molecule has 0 aliphatic carbocycles. The van der Waals surface area contributed by atoms with Crippen molar-refractivity contribution < 1.29 is 28.8 Å². The van der Waals surface area contributed by atoms with Gasteiger partial charge >= 0.3 is 0 Å². The summed E-state index contributed by atoms with van der Waals surface area (Å²) in [6.45, 7) is 11.0. The Labute approximate surface area is 175 Å². The fourth-order valence-electron chi connectivity index (χ4n) is 3.79. The van der Waals surface area contributed by atoms with E-state index in [1.54, 1.807) is 7.11 Å². The number of aliphatic hydroxyl groups excluding tert-OH is 1. The molecular weight excluding hydrogens is 388 g/mol. The molecule has 0 unspecified atom stereocenters. The van der Waals surface area contributed by atoms with E-state index in [0.717, 1.165) is 17.7 Å². The molecule has 5 atom stereocenters. The standard InChI is InChI=1S/C22H36O6Si/c1-21(2,3)29(5,6)28-20-19(18(23)17-8-7-13-22(20,24)27-17)26-14-15-9-11-16(25-4)12-10-15/h9-12,17-20,23-24H,7-8,13-14H2,1-6H3/t17-,18-,19+,20+,22+/m0/s1. The molecule has 7 heteroatoms. The van der Waals surface area contributed by atoms with Crippen LogP contribution in [0.3, 0.4) is 0 Å². The molecule has 6 nitrogen and oxygen atoms in total. The van der Waals surface area contributed by atoms with E-state index >= 15 is 0 Å². The topological polar surface area (TPSA) is 77.4 Å². The minimum atomic E-state index is -2.24. The summed E-state index contributed by atoms with van der Waals surface area (Å²) >= 11 is 0. The van der Waals surface area contributed by atoms with Crippen LogP contribution in [-0.4, -0.2) is 55.8 Å². The van der Waals surface area contributed by atoms with Gasteiger partial charge in [0.1, 0.15) is 24.1 Å². The van der Waals surface area contributed by atoms with Crippen LogP contribution in [0.1, 0.15) is 45.6 Å². The minimum absolute atomic E-state index is 0.0413. The van der Waals surface area contributed by atoms with Gasteiger partial charge in [-0.2, -0.15) is 0 Å². The number of ether oxygens (including phenoxy) is 3. The van der Waals surface area contributed by atoms with Crippen molar-refractivity contribution in [2.24, 2.45) is 0 Å². The number of aliphatic hydroxyl groups is 2. The van der Waals surface area contributed by atoms with Gasteiger partial charge in [0.2, 0.25) is 0 Å². The van der Waals surface area contributed by atoms with Crippen molar-refractivity contribution in [2.45, 2.75) is 95.0 Å². The molecule has 29 heavy (non-hydrogen) atoms. The van der Waals surface area contributed by atoms with Crippen LogP contribution in [0, 0.1) is 0 Å². The first kappa shape index (κ1) is 22.7. The highest BCUT2D eigenvalue weighted by Gasteiger charge is 2.58. The zero-order valence-corrected chi connectivity index (χ0v) is 19.5. The van der Waals surface area contributed by atoms with Gasteiger partial charge in [0.05, 0.1) is 19.8 Å². The Kier molecular flexibility index (Phi) is 6.49. The third kappa shape index (κ3) is 4.70. The van der Waals surface area contributed by atoms with Crippen molar-refractivity contribution in [1.29, 1.82) is 0 Å². The summed E-state index contributed by atoms with van der Waals surface area (Å²) in [5.41, 5.74) is 0.965. The van der Waals surface area contributed by atoms with Crippen LogP contribution in [0.15, 0.2) is 24.3 Å². The average Bonchev–Trinajstić information content (AvgIpc) is 2.65. The molecule has 0 radical (unpaired) electrons. The molecule has 0 aromatic heterocycles. The first-order valence-corrected chi connectivity index (χ1v) is 13.4. The van der Waals surface area contributed by atoms with Crippen LogP contribution in [0.5, 0.6) is 5.75 Å². The molecule has 1 aromatic carbocycles. The molecule has 3 rings (SSSR count). The van der Waals surface area contributed by atoms with E-state index in [9.17, 15) is 10.2 Å². The Morgan fingerprint density at radius 1 is 1.21 bits per heavy atom. The summed E-state index contributed by atoms with van der Waals surface area (Å²) in [6.07, 6.45) is -0.682. The first-order chi connectivity index (χ1) is 13.5. The van der Waals surface area contributed by atoms with Crippen LogP contribution >= 0.6 is 0 Å². The van der Waals surface area contributed by atoms with Gasteiger partial charge in [-0.3, -0.25) is 0 Å². The third-order valence-electron chi connectivity index (χ3n) is 6.67. The molecule has 2 aliphatic rings. The number of hydrogen-bond acceptors (Lipinski definition) is 6. The molecule has 0 amide bonds. The molecule has 0 saturated carbocycles. The van der Waals surface area contributed by atoms with Gasteiger partial charge in [-0.05, 0) is 48.7 Å². The van der Waals surface area contributed by atoms with E-state index in [1.807, 2.05) is 24.3 Å². The quantitative estimate of drug-likeness (QED) is 0.680. The molecule has 2 heterocycles. The van der Waals surface area contributed by atoms with Gasteiger partial charge < -0.3 is 28.8 Å². The highest BCUT2D eigenvalue weighted by Crippen LogP contribution is 2.45. The Morgan fingerprint density at radius 2 is 1.86 bits per heavy atom. The van der Waals surface area contributed by atoms with Crippen molar-refractivity contribution in [3.63, 3.8) is 0 Å². The Balaban J connectivity index is 1.83. The van der Waals surface area contributed by atoms with Crippen LogP contribution in [0.25, 0.3) is 0 Å². The molecule has 2 bridgehead atoms. The number of hydrogen-bond donors (Lipinski definition) is 2. The number of fused-ring (bicyclic) bond motifs is 2. The molecule has 1 aromatic rings. The minimum Gasteiger partial charge on any atom is -0.497 e. The number of methoxy groups -OCH3 is 1. The van der Waals surface area contributed by atoms with E-state index in [4.69, 9.17) is 18.6 Å². The molecule has 164 valence electrons. The van der Waals surface area contributed by atoms with Crippen molar-refractivity contribution in [3.05, 3.63) is 29.8 Å². The molecule has 0 spiro atoms. The maximum Gasteiger partial charge on any atom is 0.194 e. The first-order valence-electron chi connectivity index (χ1n) is 10.5. The summed E-state index contributed by atoms with van der Waals surface area (Å²) in [4.78, 5) is 0. The fourth-order valence-corrected chi connectivity index (χ4v) is 5.09. The Morgan fingerprint density at radius 3 is 2.45 bits per heavy atom. The molecule has 2 N–H and O–H groups in total. The van der Waals surface area contributed by atoms with Crippen LogP contribution < -0.4 is 4.74 Å². The predicted molar refractivity (Wildman–Crippen MR) is 113 cm³/mol. The summed E-state index contributed by atoms with van der Waals surface area (Å²) in [5, 5.41) is 22.2. The number of benzene rings is 1. The second-order valence-electron chi connectivity index (χ2n) is 9.81. The zero-order chi connectivity index (χ0) is 21.4. The van der Waals surface area contributed by atoms with Crippen molar-refractivity contribution in [3.8, 4) is 5.75 Å². The third-order valence-corrected chi connectivity index (χ3v) is 11.1. The van der Waals surface area contributed by atoms with Gasteiger partial charge in [-0.15, -0.1) is 0 Å². The van der Waals surface area contributed by atoms with E-state index in [-0.39, 0.29) is 5.04 Å². The predicted octanol–water partition coefficient (Wildman–Crippen LogP) is 3.60. The maximum atomic E-state index is 11.3. The monoisotopic (exact) mass is 424 g/mol. The molecule has 2 saturated heterocycles. The van der Waals surface area contributed by atoms with E-state index in [2.05, 4.69) is 33.9 Å². The second-order valence-corrected chi connectivity index (χ2v) is 14.6. The molecule has 2 aliphatic heterocycles. The van der Waals surface area contributed by atoms with Crippen LogP contribution in [-0.2, 0) is 20.5 Å². The van der Waals surface area contributed by atoms with Crippen LogP contribution in [0.4, 0.5) is 0 Å². The van der Waals surface area contributed by atoms with Crippen molar-refractivity contribution >= 4 is 8.32 Å². The summed E-state index contributed by atoms with van der Waals surface area (Å²) in [5.74, 6) is -0.648. The lowest BCUT2D eigenvalue weighted by Gasteiger charge is -2.54. The lowest BCUT2D eigenvalue weighted by atomic mass is 9.83. The Bertz CT molecular complexity index is 686. The smallest absolute Gasteiger partial charge is 0.194 e. The van der Waals surface area contributed by atoms with E-state index < -0.39 is 38.5 Å². The average molecular weight is 425 g/mol. The SMILES string of the molecule is COc1ccc(CO[C@@H]2[C@@H](O)[C@@H]3CCC[C@@](O)(O3)[C@@H]2O[Si](C)(C)C(C)(C)C)cc1. The van der Waals surface area contributed by atoms with Gasteiger partial charge in [0.25, 0.3) is 0 Å². The fraction of sp³-hybridized carbons (Fsp3) is 0.727. The Hall–Kier alpha value is -0.963. The van der Waals surface area contributed by atoms with Crippen molar-refractivity contribution in [2.75, 3.05) is 7.11 Å².